The van der Waals surface area contributed by atoms with Gasteiger partial charge in [-0.05, 0) is 23.8 Å². The summed E-state index contributed by atoms with van der Waals surface area (Å²) >= 11 is 0. The van der Waals surface area contributed by atoms with E-state index in [0.717, 1.165) is 18.5 Å². The summed E-state index contributed by atoms with van der Waals surface area (Å²) in [5, 5.41) is 16.7. The fourth-order valence-corrected chi connectivity index (χ4v) is 2.23. The minimum atomic E-state index is -0.958. The fourth-order valence-electron chi connectivity index (χ4n) is 2.23. The Morgan fingerprint density at radius 1 is 1.13 bits per heavy atom. The Kier molecular flexibility index (Phi) is 4.29. The first-order valence-corrected chi connectivity index (χ1v) is 6.86. The highest BCUT2D eigenvalue weighted by Gasteiger charge is 2.20. The topological polar surface area (TPSA) is 71.2 Å². The molecule has 0 fully saturated rings. The van der Waals surface area contributed by atoms with Crippen LogP contribution < -0.4 is 5.32 Å². The van der Waals surface area contributed by atoms with Gasteiger partial charge in [0.1, 0.15) is 5.75 Å². The number of phenolic OH excluding ortho intramolecular Hbond substituents is 1. The highest BCUT2D eigenvalue weighted by molar-refractivity contribution is 5.32. The average molecular weight is 317 g/mol. The van der Waals surface area contributed by atoms with Crippen molar-refractivity contribution in [3.05, 3.63) is 77.4 Å². The zero-order chi connectivity index (χ0) is 16.2. The molecule has 1 unspecified atom stereocenters. The van der Waals surface area contributed by atoms with Crippen molar-refractivity contribution in [2.75, 3.05) is 0 Å². The molecule has 3 aromatic rings. The van der Waals surface area contributed by atoms with Crippen molar-refractivity contribution in [1.82, 2.24) is 15.5 Å². The second-order valence-electron chi connectivity index (χ2n) is 4.91. The molecule has 2 aromatic carbocycles. The third kappa shape index (κ3) is 3.35. The van der Waals surface area contributed by atoms with E-state index in [9.17, 15) is 13.9 Å². The Balaban J connectivity index is 1.87. The first-order chi connectivity index (χ1) is 11.1. The molecule has 23 heavy (non-hydrogen) atoms. The number of phenols is 1. The SMILES string of the molecule is Oc1ccccc1CNC(c1ccc(F)c(F)c1)c1ncon1. The van der Waals surface area contributed by atoms with E-state index in [1.165, 1.54) is 6.07 Å². The molecule has 0 radical (unpaired) electrons. The van der Waals surface area contributed by atoms with E-state index in [4.69, 9.17) is 4.52 Å². The number of nitrogens with zero attached hydrogens (tertiary/aromatic N) is 2. The van der Waals surface area contributed by atoms with Crippen molar-refractivity contribution >= 4 is 0 Å². The van der Waals surface area contributed by atoms with Crippen molar-refractivity contribution < 1.29 is 18.4 Å². The summed E-state index contributed by atoms with van der Waals surface area (Å²) in [7, 11) is 0. The number of hydrogen-bond donors (Lipinski definition) is 2. The van der Waals surface area contributed by atoms with Crippen LogP contribution in [0.5, 0.6) is 5.75 Å². The number of aromatic hydroxyl groups is 1. The van der Waals surface area contributed by atoms with Gasteiger partial charge in [0.05, 0.1) is 6.04 Å². The van der Waals surface area contributed by atoms with Crippen LogP contribution in [0.25, 0.3) is 0 Å². The van der Waals surface area contributed by atoms with Gasteiger partial charge < -0.3 is 9.63 Å². The van der Waals surface area contributed by atoms with E-state index < -0.39 is 17.7 Å². The maximum Gasteiger partial charge on any atom is 0.213 e. The second-order valence-corrected chi connectivity index (χ2v) is 4.91. The molecule has 7 heteroatoms. The molecule has 118 valence electrons. The van der Waals surface area contributed by atoms with Crippen LogP contribution >= 0.6 is 0 Å². The summed E-state index contributed by atoms with van der Waals surface area (Å²) < 4.78 is 31.4. The van der Waals surface area contributed by atoms with E-state index in [1.54, 1.807) is 24.3 Å². The van der Waals surface area contributed by atoms with Crippen molar-refractivity contribution in [3.63, 3.8) is 0 Å². The van der Waals surface area contributed by atoms with Gasteiger partial charge >= 0.3 is 0 Å². The Morgan fingerprint density at radius 3 is 2.65 bits per heavy atom. The Labute approximate surface area is 130 Å². The molecule has 1 heterocycles. The van der Waals surface area contributed by atoms with E-state index in [-0.39, 0.29) is 18.1 Å². The summed E-state index contributed by atoms with van der Waals surface area (Å²) in [5.41, 5.74) is 1.10. The number of benzene rings is 2. The lowest BCUT2D eigenvalue weighted by atomic mass is 10.1. The van der Waals surface area contributed by atoms with Crippen LogP contribution in [0.1, 0.15) is 23.0 Å². The van der Waals surface area contributed by atoms with Gasteiger partial charge in [0.2, 0.25) is 6.39 Å². The van der Waals surface area contributed by atoms with Gasteiger partial charge in [-0.1, -0.05) is 29.4 Å². The quantitative estimate of drug-likeness (QED) is 0.757. The summed E-state index contributed by atoms with van der Waals surface area (Å²) in [6.07, 6.45) is 1.16. The number of halogens is 2. The van der Waals surface area contributed by atoms with Gasteiger partial charge in [0, 0.05) is 12.1 Å². The first kappa shape index (κ1) is 15.1. The number of nitrogens with one attached hydrogen (secondary N) is 1. The Morgan fingerprint density at radius 2 is 1.96 bits per heavy atom. The zero-order valence-electron chi connectivity index (χ0n) is 11.9. The van der Waals surface area contributed by atoms with Gasteiger partial charge in [-0.15, -0.1) is 0 Å². The maximum absolute atomic E-state index is 13.5. The predicted octanol–water partition coefficient (Wildman–Crippen LogP) is 2.93. The molecule has 3 rings (SSSR count). The second kappa shape index (κ2) is 6.53. The van der Waals surface area contributed by atoms with E-state index in [1.807, 2.05) is 0 Å². The molecular weight excluding hydrogens is 304 g/mol. The van der Waals surface area contributed by atoms with Crippen molar-refractivity contribution in [3.8, 4) is 5.75 Å². The largest absolute Gasteiger partial charge is 0.508 e. The average Bonchev–Trinajstić information content (AvgIpc) is 3.07. The first-order valence-electron chi connectivity index (χ1n) is 6.86. The minimum absolute atomic E-state index is 0.136. The minimum Gasteiger partial charge on any atom is -0.508 e. The highest BCUT2D eigenvalue weighted by atomic mass is 19.2. The molecule has 0 saturated carbocycles. The van der Waals surface area contributed by atoms with Gasteiger partial charge in [0.15, 0.2) is 17.5 Å². The maximum atomic E-state index is 13.5. The third-order valence-corrected chi connectivity index (χ3v) is 3.40. The van der Waals surface area contributed by atoms with Crippen LogP contribution in [-0.4, -0.2) is 15.2 Å². The molecule has 1 atom stereocenters. The smallest absolute Gasteiger partial charge is 0.213 e. The Bertz CT molecular complexity index is 794. The van der Waals surface area contributed by atoms with Crippen LogP contribution in [0, 0.1) is 11.6 Å². The number of para-hydroxylation sites is 1. The third-order valence-electron chi connectivity index (χ3n) is 3.40. The van der Waals surface area contributed by atoms with Crippen LogP contribution in [0.15, 0.2) is 53.4 Å². The van der Waals surface area contributed by atoms with E-state index >= 15 is 0 Å². The molecular formula is C16H13F2N3O2. The number of rotatable bonds is 5. The highest BCUT2D eigenvalue weighted by Crippen LogP contribution is 2.23. The molecule has 0 saturated heterocycles. The monoisotopic (exact) mass is 317 g/mol. The van der Waals surface area contributed by atoms with E-state index in [0.29, 0.717) is 11.1 Å². The van der Waals surface area contributed by atoms with Crippen LogP contribution in [-0.2, 0) is 6.54 Å². The molecule has 0 amide bonds. The van der Waals surface area contributed by atoms with Crippen molar-refractivity contribution in [2.24, 2.45) is 0 Å². The molecule has 2 N–H and O–H groups in total. The van der Waals surface area contributed by atoms with Crippen LogP contribution in [0.3, 0.4) is 0 Å². The number of aromatic nitrogens is 2. The van der Waals surface area contributed by atoms with Gasteiger partial charge in [-0.2, -0.15) is 4.98 Å². The lowest BCUT2D eigenvalue weighted by Crippen LogP contribution is -2.23. The predicted molar refractivity (Wildman–Crippen MR) is 77.4 cm³/mol. The van der Waals surface area contributed by atoms with Crippen molar-refractivity contribution in [1.29, 1.82) is 0 Å². The summed E-state index contributed by atoms with van der Waals surface area (Å²) in [4.78, 5) is 3.96. The van der Waals surface area contributed by atoms with Gasteiger partial charge in [-0.3, -0.25) is 5.32 Å². The number of hydrogen-bond acceptors (Lipinski definition) is 5. The molecule has 0 aliphatic heterocycles. The lowest BCUT2D eigenvalue weighted by Gasteiger charge is -2.16. The summed E-state index contributed by atoms with van der Waals surface area (Å²) in [6.45, 7) is 0.283. The Hall–Kier alpha value is -2.80. The summed E-state index contributed by atoms with van der Waals surface area (Å²) in [6, 6.07) is 9.77. The molecule has 0 spiro atoms. The van der Waals surface area contributed by atoms with E-state index in [2.05, 4.69) is 15.5 Å². The normalized spacial score (nSPS) is 12.3. The molecule has 0 aliphatic carbocycles. The van der Waals surface area contributed by atoms with Crippen molar-refractivity contribution in [2.45, 2.75) is 12.6 Å². The van der Waals surface area contributed by atoms with Gasteiger partial charge in [-0.25, -0.2) is 8.78 Å². The van der Waals surface area contributed by atoms with Gasteiger partial charge in [0.25, 0.3) is 0 Å². The molecule has 0 aliphatic rings. The zero-order valence-corrected chi connectivity index (χ0v) is 11.9. The van der Waals surface area contributed by atoms with Crippen LogP contribution in [0.4, 0.5) is 8.78 Å². The molecule has 5 nitrogen and oxygen atoms in total. The molecule has 0 bridgehead atoms. The molecule has 1 aromatic heterocycles. The standard InChI is InChI=1S/C16H13F2N3O2/c17-12-6-5-10(7-13(12)18)15(16-20-9-23-21-16)19-8-11-3-1-2-4-14(11)22/h1-7,9,15,19,22H,8H2. The lowest BCUT2D eigenvalue weighted by molar-refractivity contribution is 0.400. The fraction of sp³-hybridized carbons (Fsp3) is 0.125. The van der Waals surface area contributed by atoms with Crippen LogP contribution in [0.2, 0.25) is 0 Å². The summed E-state index contributed by atoms with van der Waals surface area (Å²) in [5.74, 6) is -1.47.